The van der Waals surface area contributed by atoms with Crippen molar-refractivity contribution in [1.82, 2.24) is 4.90 Å². The van der Waals surface area contributed by atoms with E-state index in [1.54, 1.807) is 12.1 Å². The predicted octanol–water partition coefficient (Wildman–Crippen LogP) is 3.18. The minimum absolute atomic E-state index is 0.190. The van der Waals surface area contributed by atoms with Crippen molar-refractivity contribution in [2.45, 2.75) is 31.6 Å². The minimum Gasteiger partial charge on any atom is -0.303 e. The summed E-state index contributed by atoms with van der Waals surface area (Å²) in [6.07, 6.45) is 5.21. The van der Waals surface area contributed by atoms with Gasteiger partial charge in [0.25, 0.3) is 5.69 Å². The third-order valence-corrected chi connectivity index (χ3v) is 4.38. The van der Waals surface area contributed by atoms with Gasteiger partial charge in [-0.05, 0) is 56.2 Å². The molecule has 1 aliphatic heterocycles. The molecule has 4 nitrogen and oxygen atoms in total. The van der Waals surface area contributed by atoms with Crippen LogP contribution in [0.1, 0.15) is 37.2 Å². The Bertz CT molecular complexity index is 446. The SMILES string of the molecule is O=[N+]([O-])c1ccc(C2CCN(CC3CC3)CC2)cc1. The van der Waals surface area contributed by atoms with Gasteiger partial charge in [0.2, 0.25) is 0 Å². The fraction of sp³-hybridized carbons (Fsp3) is 0.600. The van der Waals surface area contributed by atoms with Gasteiger partial charge in [0.1, 0.15) is 0 Å². The van der Waals surface area contributed by atoms with Crippen molar-refractivity contribution in [1.29, 1.82) is 0 Å². The Hall–Kier alpha value is -1.42. The van der Waals surface area contributed by atoms with E-state index in [0.717, 1.165) is 5.92 Å². The average molecular weight is 260 g/mol. The average Bonchev–Trinajstić information content (AvgIpc) is 3.24. The summed E-state index contributed by atoms with van der Waals surface area (Å²) < 4.78 is 0. The first-order valence-corrected chi connectivity index (χ1v) is 7.19. The number of hydrogen-bond acceptors (Lipinski definition) is 3. The molecule has 0 amide bonds. The monoisotopic (exact) mass is 260 g/mol. The highest BCUT2D eigenvalue weighted by atomic mass is 16.6. The molecule has 0 spiro atoms. The van der Waals surface area contributed by atoms with Gasteiger partial charge in [-0.15, -0.1) is 0 Å². The molecule has 1 aromatic carbocycles. The molecule has 102 valence electrons. The van der Waals surface area contributed by atoms with E-state index in [0.29, 0.717) is 5.92 Å². The zero-order valence-electron chi connectivity index (χ0n) is 11.1. The molecule has 1 saturated heterocycles. The number of rotatable bonds is 4. The first-order valence-electron chi connectivity index (χ1n) is 7.19. The van der Waals surface area contributed by atoms with Crippen molar-refractivity contribution in [3.05, 3.63) is 39.9 Å². The highest BCUT2D eigenvalue weighted by molar-refractivity contribution is 5.34. The summed E-state index contributed by atoms with van der Waals surface area (Å²) in [4.78, 5) is 12.9. The van der Waals surface area contributed by atoms with Gasteiger partial charge >= 0.3 is 0 Å². The number of nitro benzene ring substituents is 1. The molecular formula is C15H20N2O2. The number of nitro groups is 1. The van der Waals surface area contributed by atoms with Crippen LogP contribution in [0.3, 0.4) is 0 Å². The van der Waals surface area contributed by atoms with E-state index in [-0.39, 0.29) is 10.6 Å². The Morgan fingerprint density at radius 2 is 1.74 bits per heavy atom. The van der Waals surface area contributed by atoms with Crippen LogP contribution in [-0.2, 0) is 0 Å². The van der Waals surface area contributed by atoms with Crippen LogP contribution in [0, 0.1) is 16.0 Å². The second-order valence-corrected chi connectivity index (χ2v) is 5.87. The molecule has 2 aliphatic rings. The van der Waals surface area contributed by atoms with E-state index >= 15 is 0 Å². The van der Waals surface area contributed by atoms with E-state index in [1.807, 2.05) is 12.1 Å². The van der Waals surface area contributed by atoms with Crippen LogP contribution in [0.5, 0.6) is 0 Å². The van der Waals surface area contributed by atoms with Crippen molar-refractivity contribution in [2.75, 3.05) is 19.6 Å². The minimum atomic E-state index is -0.331. The Kier molecular flexibility index (Phi) is 3.51. The topological polar surface area (TPSA) is 46.4 Å². The molecule has 19 heavy (non-hydrogen) atoms. The molecule has 3 rings (SSSR count). The van der Waals surface area contributed by atoms with Crippen molar-refractivity contribution < 1.29 is 4.92 Å². The number of hydrogen-bond donors (Lipinski definition) is 0. The van der Waals surface area contributed by atoms with E-state index in [1.165, 1.54) is 50.9 Å². The van der Waals surface area contributed by atoms with Gasteiger partial charge in [0, 0.05) is 18.7 Å². The summed E-state index contributed by atoms with van der Waals surface area (Å²) in [5, 5.41) is 10.6. The number of likely N-dealkylation sites (tertiary alicyclic amines) is 1. The van der Waals surface area contributed by atoms with Gasteiger partial charge in [-0.25, -0.2) is 0 Å². The maximum atomic E-state index is 10.6. The molecule has 0 bridgehead atoms. The lowest BCUT2D eigenvalue weighted by Gasteiger charge is -2.32. The quantitative estimate of drug-likeness (QED) is 0.617. The molecular weight excluding hydrogens is 240 g/mol. The van der Waals surface area contributed by atoms with Gasteiger partial charge in [0.05, 0.1) is 4.92 Å². The Balaban J connectivity index is 1.56. The Morgan fingerprint density at radius 3 is 2.26 bits per heavy atom. The molecule has 1 aromatic rings. The smallest absolute Gasteiger partial charge is 0.269 e. The molecule has 0 unspecified atom stereocenters. The van der Waals surface area contributed by atoms with Crippen LogP contribution in [0.25, 0.3) is 0 Å². The molecule has 1 saturated carbocycles. The molecule has 4 heteroatoms. The van der Waals surface area contributed by atoms with Gasteiger partial charge < -0.3 is 4.90 Å². The van der Waals surface area contributed by atoms with E-state index in [2.05, 4.69) is 4.90 Å². The lowest BCUT2D eigenvalue weighted by Crippen LogP contribution is -2.34. The fourth-order valence-electron chi connectivity index (χ4n) is 2.98. The van der Waals surface area contributed by atoms with Crippen molar-refractivity contribution in [2.24, 2.45) is 5.92 Å². The standard InChI is InChI=1S/C15H20N2O2/c18-17(19)15-5-3-13(4-6-15)14-7-9-16(10-8-14)11-12-1-2-12/h3-6,12,14H,1-2,7-11H2. The van der Waals surface area contributed by atoms with Crippen LogP contribution in [-0.4, -0.2) is 29.5 Å². The highest BCUT2D eigenvalue weighted by Crippen LogP contribution is 2.33. The van der Waals surface area contributed by atoms with Gasteiger partial charge in [-0.2, -0.15) is 0 Å². The van der Waals surface area contributed by atoms with E-state index in [4.69, 9.17) is 0 Å². The van der Waals surface area contributed by atoms with Crippen LogP contribution >= 0.6 is 0 Å². The third-order valence-electron chi connectivity index (χ3n) is 4.38. The lowest BCUT2D eigenvalue weighted by molar-refractivity contribution is -0.384. The van der Waals surface area contributed by atoms with Crippen molar-refractivity contribution in [3.63, 3.8) is 0 Å². The number of piperidine rings is 1. The number of non-ortho nitro benzene ring substituents is 1. The summed E-state index contributed by atoms with van der Waals surface area (Å²) in [5.74, 6) is 1.55. The summed E-state index contributed by atoms with van der Waals surface area (Å²) in [7, 11) is 0. The van der Waals surface area contributed by atoms with Gasteiger partial charge in [0.15, 0.2) is 0 Å². The molecule has 0 radical (unpaired) electrons. The first-order chi connectivity index (χ1) is 9.22. The summed E-state index contributed by atoms with van der Waals surface area (Å²) in [6, 6.07) is 7.12. The number of benzene rings is 1. The molecule has 0 N–H and O–H groups in total. The van der Waals surface area contributed by atoms with Crippen LogP contribution in [0.2, 0.25) is 0 Å². The summed E-state index contributed by atoms with van der Waals surface area (Å²) in [5.41, 5.74) is 1.45. The Labute approximate surface area is 113 Å². The normalized spacial score (nSPS) is 21.5. The van der Waals surface area contributed by atoms with Gasteiger partial charge in [-0.3, -0.25) is 10.1 Å². The highest BCUT2D eigenvalue weighted by Gasteiger charge is 2.27. The molecule has 2 fully saturated rings. The largest absolute Gasteiger partial charge is 0.303 e. The lowest BCUT2D eigenvalue weighted by atomic mass is 9.89. The van der Waals surface area contributed by atoms with Crippen LogP contribution in [0.15, 0.2) is 24.3 Å². The van der Waals surface area contributed by atoms with Crippen molar-refractivity contribution in [3.8, 4) is 0 Å². The Morgan fingerprint density at radius 1 is 1.11 bits per heavy atom. The second-order valence-electron chi connectivity index (χ2n) is 5.87. The van der Waals surface area contributed by atoms with Gasteiger partial charge in [-0.1, -0.05) is 12.1 Å². The molecule has 0 aromatic heterocycles. The first kappa shape index (κ1) is 12.6. The predicted molar refractivity (Wildman–Crippen MR) is 74.2 cm³/mol. The summed E-state index contributed by atoms with van der Waals surface area (Å²) in [6.45, 7) is 3.64. The maximum Gasteiger partial charge on any atom is 0.269 e. The second kappa shape index (κ2) is 5.29. The van der Waals surface area contributed by atoms with E-state index in [9.17, 15) is 10.1 Å². The maximum absolute atomic E-state index is 10.6. The van der Waals surface area contributed by atoms with Crippen LogP contribution < -0.4 is 0 Å². The number of nitrogens with zero attached hydrogens (tertiary/aromatic N) is 2. The zero-order chi connectivity index (χ0) is 13.2. The molecule has 0 atom stereocenters. The summed E-state index contributed by atoms with van der Waals surface area (Å²) >= 11 is 0. The third kappa shape index (κ3) is 3.13. The molecule has 1 aliphatic carbocycles. The van der Waals surface area contributed by atoms with E-state index < -0.39 is 0 Å². The fourth-order valence-corrected chi connectivity index (χ4v) is 2.98. The zero-order valence-corrected chi connectivity index (χ0v) is 11.1. The van der Waals surface area contributed by atoms with Crippen LogP contribution in [0.4, 0.5) is 5.69 Å². The van der Waals surface area contributed by atoms with Crippen molar-refractivity contribution >= 4 is 5.69 Å². The molecule has 1 heterocycles.